The van der Waals surface area contributed by atoms with Crippen molar-refractivity contribution in [2.45, 2.75) is 6.54 Å². The van der Waals surface area contributed by atoms with Gasteiger partial charge >= 0.3 is 0 Å². The second-order valence-corrected chi connectivity index (χ2v) is 3.03. The van der Waals surface area contributed by atoms with Crippen LogP contribution in [0.5, 0.6) is 0 Å². The quantitative estimate of drug-likeness (QED) is 0.604. The molecule has 2 heteroatoms. The van der Waals surface area contributed by atoms with Gasteiger partial charge in [0.05, 0.1) is 0 Å². The molecule has 0 aliphatic heterocycles. The fourth-order valence-corrected chi connectivity index (χ4v) is 1.33. The first-order valence-corrected chi connectivity index (χ1v) is 4.43. The third-order valence-electron chi connectivity index (χ3n) is 1.99. The highest BCUT2D eigenvalue weighted by molar-refractivity contribution is 5.13. The predicted octanol–water partition coefficient (Wildman–Crippen LogP) is -0.974. The lowest BCUT2D eigenvalue weighted by Crippen LogP contribution is -3.00. The van der Waals surface area contributed by atoms with Crippen LogP contribution in [0.4, 0.5) is 0 Å². The van der Waals surface area contributed by atoms with E-state index in [1.54, 1.807) is 0 Å². The van der Waals surface area contributed by atoms with Crippen LogP contribution in [0, 0.1) is 0 Å². The van der Waals surface area contributed by atoms with Crippen molar-refractivity contribution in [2.24, 2.45) is 0 Å². The molecule has 0 fully saturated rings. The van der Waals surface area contributed by atoms with Crippen LogP contribution < -0.4 is 21.5 Å². The van der Waals surface area contributed by atoms with Crippen LogP contribution in [-0.2, 0) is 6.54 Å². The summed E-state index contributed by atoms with van der Waals surface area (Å²) in [5.74, 6) is 0. The lowest BCUT2D eigenvalue weighted by atomic mass is 10.2. The average molecular weight is 250 g/mol. The number of rotatable bonds is 2. The molecule has 0 radical (unpaired) electrons. The van der Waals surface area contributed by atoms with E-state index in [9.17, 15) is 0 Å². The molecule has 14 heavy (non-hydrogen) atoms. The largest absolute Gasteiger partial charge is 1.00 e. The Kier molecular flexibility index (Phi) is 4.33. The van der Waals surface area contributed by atoms with Crippen molar-refractivity contribution < 1.29 is 21.5 Å². The van der Waals surface area contributed by atoms with Crippen molar-refractivity contribution in [3.8, 4) is 0 Å². The summed E-state index contributed by atoms with van der Waals surface area (Å²) in [7, 11) is 0. The first-order valence-electron chi connectivity index (χ1n) is 4.43. The lowest BCUT2D eigenvalue weighted by Gasteiger charge is -1.95. The van der Waals surface area contributed by atoms with Gasteiger partial charge in [-0.25, -0.2) is 4.57 Å². The highest BCUT2D eigenvalue weighted by atomic mass is 79.9. The van der Waals surface area contributed by atoms with Gasteiger partial charge in [0.15, 0.2) is 18.9 Å². The Balaban J connectivity index is 0.000000980. The number of halogens is 1. The number of hydrogen-bond acceptors (Lipinski definition) is 0. The molecule has 0 amide bonds. The van der Waals surface area contributed by atoms with Gasteiger partial charge in [0.25, 0.3) is 0 Å². The van der Waals surface area contributed by atoms with Crippen molar-refractivity contribution in [1.29, 1.82) is 0 Å². The molecule has 0 saturated heterocycles. The fraction of sp³-hybridized carbons (Fsp3) is 0.0833. The highest BCUT2D eigenvalue weighted by Crippen LogP contribution is 1.96. The first-order chi connectivity index (χ1) is 6.45. The first kappa shape index (κ1) is 10.9. The van der Waals surface area contributed by atoms with Gasteiger partial charge < -0.3 is 17.0 Å². The van der Waals surface area contributed by atoms with E-state index in [0.29, 0.717) is 0 Å². The van der Waals surface area contributed by atoms with Crippen LogP contribution in [0.25, 0.3) is 0 Å². The Morgan fingerprint density at radius 2 is 1.36 bits per heavy atom. The summed E-state index contributed by atoms with van der Waals surface area (Å²) in [4.78, 5) is 0. The summed E-state index contributed by atoms with van der Waals surface area (Å²) in [6, 6.07) is 16.6. The third kappa shape index (κ3) is 2.96. The van der Waals surface area contributed by atoms with E-state index >= 15 is 0 Å². The molecule has 0 N–H and O–H groups in total. The van der Waals surface area contributed by atoms with E-state index in [1.165, 1.54) is 5.56 Å². The van der Waals surface area contributed by atoms with Gasteiger partial charge in [-0.2, -0.15) is 0 Å². The van der Waals surface area contributed by atoms with E-state index in [-0.39, 0.29) is 17.0 Å². The molecule has 1 nitrogen and oxygen atoms in total. The van der Waals surface area contributed by atoms with Crippen molar-refractivity contribution >= 4 is 0 Å². The average Bonchev–Trinajstić information content (AvgIpc) is 2.21. The molecule has 72 valence electrons. The molecule has 0 aliphatic rings. The summed E-state index contributed by atoms with van der Waals surface area (Å²) < 4.78 is 2.16. The molecule has 0 unspecified atom stereocenters. The van der Waals surface area contributed by atoms with Gasteiger partial charge in [-0.1, -0.05) is 36.4 Å². The summed E-state index contributed by atoms with van der Waals surface area (Å²) in [6.07, 6.45) is 4.15. The molecule has 1 heterocycles. The summed E-state index contributed by atoms with van der Waals surface area (Å²) >= 11 is 0. The summed E-state index contributed by atoms with van der Waals surface area (Å²) in [5.41, 5.74) is 1.33. The minimum absolute atomic E-state index is 0. The van der Waals surface area contributed by atoms with E-state index in [4.69, 9.17) is 0 Å². The molecular weight excluding hydrogens is 238 g/mol. The van der Waals surface area contributed by atoms with E-state index in [2.05, 4.69) is 41.2 Å². The molecule has 0 saturated carbocycles. The maximum Gasteiger partial charge on any atom is 0.173 e. The topological polar surface area (TPSA) is 3.88 Å². The van der Waals surface area contributed by atoms with Crippen LogP contribution >= 0.6 is 0 Å². The van der Waals surface area contributed by atoms with Crippen LogP contribution in [0.15, 0.2) is 60.9 Å². The van der Waals surface area contributed by atoms with Gasteiger partial charge in [-0.05, 0) is 0 Å². The van der Waals surface area contributed by atoms with E-state index in [1.807, 2.05) is 24.3 Å². The molecule has 0 bridgehead atoms. The molecule has 1 aromatic heterocycles. The molecule has 2 rings (SSSR count). The minimum Gasteiger partial charge on any atom is -1.00 e. The Hall–Kier alpha value is -1.15. The Bertz CT molecular complexity index is 321. The molecular formula is C12H12BrN. The zero-order valence-electron chi connectivity index (χ0n) is 7.81. The Labute approximate surface area is 94.8 Å². The van der Waals surface area contributed by atoms with Gasteiger partial charge in [0.1, 0.15) is 0 Å². The normalized spacial score (nSPS) is 9.14. The Morgan fingerprint density at radius 1 is 0.786 bits per heavy atom. The van der Waals surface area contributed by atoms with Crippen LogP contribution in [-0.4, -0.2) is 0 Å². The van der Waals surface area contributed by atoms with Crippen molar-refractivity contribution in [3.05, 3.63) is 66.5 Å². The van der Waals surface area contributed by atoms with Crippen LogP contribution in [0.1, 0.15) is 5.56 Å². The van der Waals surface area contributed by atoms with Gasteiger partial charge in [-0.15, -0.1) is 0 Å². The zero-order valence-corrected chi connectivity index (χ0v) is 9.39. The molecule has 0 atom stereocenters. The van der Waals surface area contributed by atoms with Crippen LogP contribution in [0.2, 0.25) is 0 Å². The van der Waals surface area contributed by atoms with E-state index in [0.717, 1.165) is 6.54 Å². The number of aromatic nitrogens is 1. The summed E-state index contributed by atoms with van der Waals surface area (Å²) in [6.45, 7) is 0.946. The van der Waals surface area contributed by atoms with Crippen LogP contribution in [0.3, 0.4) is 0 Å². The van der Waals surface area contributed by atoms with E-state index < -0.39 is 0 Å². The Morgan fingerprint density at radius 3 is 2.00 bits per heavy atom. The van der Waals surface area contributed by atoms with Crippen molar-refractivity contribution in [1.82, 2.24) is 0 Å². The molecule has 2 aromatic rings. The minimum atomic E-state index is 0. The number of nitrogens with zero attached hydrogens (tertiary/aromatic N) is 1. The molecule has 0 spiro atoms. The fourth-order valence-electron chi connectivity index (χ4n) is 1.33. The SMILES string of the molecule is [Br-].c1ccc(C[n+]2ccccc2)cc1. The van der Waals surface area contributed by atoms with Crippen molar-refractivity contribution in [2.75, 3.05) is 0 Å². The maximum absolute atomic E-state index is 2.16. The zero-order chi connectivity index (χ0) is 8.93. The molecule has 1 aromatic carbocycles. The highest BCUT2D eigenvalue weighted by Gasteiger charge is 1.98. The summed E-state index contributed by atoms with van der Waals surface area (Å²) in [5, 5.41) is 0. The number of pyridine rings is 1. The second-order valence-electron chi connectivity index (χ2n) is 3.03. The van der Waals surface area contributed by atoms with Gasteiger partial charge in [-0.3, -0.25) is 0 Å². The van der Waals surface area contributed by atoms with Crippen molar-refractivity contribution in [3.63, 3.8) is 0 Å². The number of hydrogen-bond donors (Lipinski definition) is 0. The maximum atomic E-state index is 2.16. The third-order valence-corrected chi connectivity index (χ3v) is 1.99. The lowest BCUT2D eigenvalue weighted by molar-refractivity contribution is -0.688. The number of benzene rings is 1. The monoisotopic (exact) mass is 249 g/mol. The molecule has 0 aliphatic carbocycles. The second kappa shape index (κ2) is 5.55. The standard InChI is InChI=1S/C12H12N.BrH/c1-3-7-12(8-4-1)11-13-9-5-2-6-10-13;/h1-10H,11H2;1H/q+1;/p-1. The van der Waals surface area contributed by atoms with Gasteiger partial charge in [0.2, 0.25) is 0 Å². The van der Waals surface area contributed by atoms with Gasteiger partial charge in [0, 0.05) is 17.7 Å². The smallest absolute Gasteiger partial charge is 0.173 e. The predicted molar refractivity (Wildman–Crippen MR) is 52.2 cm³/mol.